The number of nitrogens with one attached hydrogen (secondary N) is 1. The first kappa shape index (κ1) is 17.6. The first-order valence-corrected chi connectivity index (χ1v) is 6.81. The topological polar surface area (TPSA) is 150 Å². The van der Waals surface area contributed by atoms with Crippen LogP contribution in [0.4, 0.5) is 11.6 Å². The van der Waals surface area contributed by atoms with E-state index in [0.29, 0.717) is 5.56 Å². The predicted molar refractivity (Wildman–Crippen MR) is 84.4 cm³/mol. The molecule has 1 aromatic heterocycles. The summed E-state index contributed by atoms with van der Waals surface area (Å²) in [5, 5.41) is 24.9. The highest BCUT2D eigenvalue weighted by Crippen LogP contribution is 2.27. The van der Waals surface area contributed by atoms with Gasteiger partial charge in [0.1, 0.15) is 4.92 Å². The van der Waals surface area contributed by atoms with Crippen LogP contribution >= 0.6 is 0 Å². The Labute approximate surface area is 140 Å². The number of carbonyl (C=O) groups excluding carboxylic acids is 1. The summed E-state index contributed by atoms with van der Waals surface area (Å²) in [6.45, 7) is 1.19. The van der Waals surface area contributed by atoms with Crippen molar-refractivity contribution in [2.45, 2.75) is 6.92 Å². The van der Waals surface area contributed by atoms with Crippen LogP contribution in [0, 0.1) is 27.2 Å². The number of aryl methyl sites for hydroxylation is 1. The number of amides is 1. The zero-order chi connectivity index (χ0) is 18.4. The highest BCUT2D eigenvalue weighted by atomic mass is 16.6. The molecule has 1 N–H and O–H groups in total. The zero-order valence-corrected chi connectivity index (χ0v) is 12.9. The summed E-state index contributed by atoms with van der Waals surface area (Å²) >= 11 is 0. The SMILES string of the molecule is Cc1ccc(OCC(=O)N/N=C/c2ccc([N+](=O)[O-])o2)c([N+](=O)[O-])c1. The van der Waals surface area contributed by atoms with Crippen LogP contribution in [0.2, 0.25) is 0 Å². The van der Waals surface area contributed by atoms with Gasteiger partial charge in [-0.1, -0.05) is 6.07 Å². The summed E-state index contributed by atoms with van der Waals surface area (Å²) in [4.78, 5) is 31.7. The number of furan rings is 1. The maximum atomic E-state index is 11.6. The molecule has 11 nitrogen and oxygen atoms in total. The fraction of sp³-hybridized carbons (Fsp3) is 0.143. The average Bonchev–Trinajstić information content (AvgIpc) is 3.02. The van der Waals surface area contributed by atoms with Crippen molar-refractivity contribution in [2.75, 3.05) is 6.61 Å². The number of nitro groups is 2. The molecule has 0 unspecified atom stereocenters. The summed E-state index contributed by atoms with van der Waals surface area (Å²) < 4.78 is 9.92. The highest BCUT2D eigenvalue weighted by Gasteiger charge is 2.16. The Morgan fingerprint density at radius 1 is 1.28 bits per heavy atom. The quantitative estimate of drug-likeness (QED) is 0.456. The van der Waals surface area contributed by atoms with Gasteiger partial charge in [0.15, 0.2) is 18.1 Å². The van der Waals surface area contributed by atoms with Crippen molar-refractivity contribution >= 4 is 23.7 Å². The minimum atomic E-state index is -0.710. The first-order chi connectivity index (χ1) is 11.9. The average molecular weight is 348 g/mol. The molecule has 1 aromatic carbocycles. The Kier molecular flexibility index (Phi) is 5.40. The third kappa shape index (κ3) is 4.86. The number of carbonyl (C=O) groups is 1. The summed E-state index contributed by atoms with van der Waals surface area (Å²) in [7, 11) is 0. The molecule has 0 radical (unpaired) electrons. The lowest BCUT2D eigenvalue weighted by atomic mass is 10.2. The predicted octanol–water partition coefficient (Wildman–Crippen LogP) is 1.93. The van der Waals surface area contributed by atoms with Crippen LogP contribution in [0.1, 0.15) is 11.3 Å². The largest absolute Gasteiger partial charge is 0.477 e. The first-order valence-electron chi connectivity index (χ1n) is 6.81. The maximum Gasteiger partial charge on any atom is 0.433 e. The number of hydrogen-bond donors (Lipinski definition) is 1. The van der Waals surface area contributed by atoms with Crippen molar-refractivity contribution in [3.05, 3.63) is 61.9 Å². The van der Waals surface area contributed by atoms with Gasteiger partial charge in [0, 0.05) is 6.07 Å². The number of rotatable bonds is 7. The van der Waals surface area contributed by atoms with Crippen molar-refractivity contribution < 1.29 is 23.8 Å². The molecule has 0 atom stereocenters. The summed E-state index contributed by atoms with van der Waals surface area (Å²) in [5.74, 6) is -1.10. The maximum absolute atomic E-state index is 11.6. The van der Waals surface area contributed by atoms with E-state index in [-0.39, 0.29) is 17.2 Å². The molecule has 0 saturated carbocycles. The number of nitrogens with zero attached hydrogens (tertiary/aromatic N) is 3. The second kappa shape index (κ2) is 7.68. The lowest BCUT2D eigenvalue weighted by Crippen LogP contribution is -2.24. The van der Waals surface area contributed by atoms with Crippen LogP contribution in [0.3, 0.4) is 0 Å². The van der Waals surface area contributed by atoms with Crippen LogP contribution in [0.15, 0.2) is 39.9 Å². The number of nitro benzene ring substituents is 1. The number of benzene rings is 1. The minimum absolute atomic E-state index is 0.0450. The van der Waals surface area contributed by atoms with E-state index in [2.05, 4.69) is 10.5 Å². The highest BCUT2D eigenvalue weighted by molar-refractivity contribution is 5.81. The Morgan fingerprint density at radius 2 is 2.04 bits per heavy atom. The number of hydrazone groups is 1. The van der Waals surface area contributed by atoms with Crippen molar-refractivity contribution in [1.29, 1.82) is 0 Å². The van der Waals surface area contributed by atoms with E-state index >= 15 is 0 Å². The second-order valence-corrected chi connectivity index (χ2v) is 4.74. The molecule has 2 rings (SSSR count). The summed E-state index contributed by atoms with van der Waals surface area (Å²) in [5.41, 5.74) is 2.54. The van der Waals surface area contributed by atoms with Gasteiger partial charge in [-0.3, -0.25) is 25.0 Å². The van der Waals surface area contributed by atoms with Crippen LogP contribution in [-0.2, 0) is 4.79 Å². The molecule has 25 heavy (non-hydrogen) atoms. The van der Waals surface area contributed by atoms with Crippen molar-refractivity contribution in [3.63, 3.8) is 0 Å². The monoisotopic (exact) mass is 348 g/mol. The fourth-order valence-corrected chi connectivity index (χ4v) is 1.75. The van der Waals surface area contributed by atoms with Crippen LogP contribution < -0.4 is 10.2 Å². The molecule has 1 heterocycles. The van der Waals surface area contributed by atoms with Crippen LogP contribution in [0.25, 0.3) is 0 Å². The Morgan fingerprint density at radius 3 is 2.68 bits per heavy atom. The number of hydrogen-bond acceptors (Lipinski definition) is 8. The fourth-order valence-electron chi connectivity index (χ4n) is 1.75. The molecule has 0 aliphatic rings. The van der Waals surface area contributed by atoms with E-state index in [9.17, 15) is 25.0 Å². The van der Waals surface area contributed by atoms with E-state index in [1.165, 1.54) is 18.2 Å². The molecule has 0 bridgehead atoms. The van der Waals surface area contributed by atoms with Gasteiger partial charge in [-0.25, -0.2) is 5.43 Å². The summed E-state index contributed by atoms with van der Waals surface area (Å²) in [6.07, 6.45) is 1.07. The Bertz CT molecular complexity index is 843. The van der Waals surface area contributed by atoms with Crippen molar-refractivity contribution in [3.8, 4) is 5.75 Å². The standard InChI is InChI=1S/C14H12N4O7/c1-9-2-4-12(11(6-9)17(20)21)24-8-13(19)16-15-7-10-3-5-14(25-10)18(22)23/h2-7H,8H2,1H3,(H,16,19)/b15-7+. The molecule has 0 fully saturated rings. The van der Waals surface area contributed by atoms with Crippen LogP contribution in [0.5, 0.6) is 5.75 Å². The number of ether oxygens (including phenoxy) is 1. The lowest BCUT2D eigenvalue weighted by Gasteiger charge is -2.06. The normalized spacial score (nSPS) is 10.6. The summed E-state index contributed by atoms with van der Waals surface area (Å²) in [6, 6.07) is 6.78. The molecular weight excluding hydrogens is 336 g/mol. The molecule has 0 spiro atoms. The smallest absolute Gasteiger partial charge is 0.433 e. The molecular formula is C14H12N4O7. The van der Waals surface area contributed by atoms with Gasteiger partial charge in [0.05, 0.1) is 17.2 Å². The third-order valence-corrected chi connectivity index (χ3v) is 2.84. The van der Waals surface area contributed by atoms with Gasteiger partial charge >= 0.3 is 11.6 Å². The second-order valence-electron chi connectivity index (χ2n) is 4.74. The van der Waals surface area contributed by atoms with E-state index in [1.807, 2.05) is 0 Å². The van der Waals surface area contributed by atoms with E-state index < -0.39 is 28.2 Å². The van der Waals surface area contributed by atoms with E-state index in [0.717, 1.165) is 12.3 Å². The Hall–Kier alpha value is -3.76. The van der Waals surface area contributed by atoms with E-state index in [4.69, 9.17) is 9.15 Å². The molecule has 1 amide bonds. The van der Waals surface area contributed by atoms with Gasteiger partial charge in [0.2, 0.25) is 0 Å². The zero-order valence-electron chi connectivity index (χ0n) is 12.9. The van der Waals surface area contributed by atoms with Gasteiger partial charge in [0.25, 0.3) is 5.91 Å². The molecule has 2 aromatic rings. The van der Waals surface area contributed by atoms with Crippen molar-refractivity contribution in [1.82, 2.24) is 5.43 Å². The van der Waals surface area contributed by atoms with Gasteiger partial charge in [-0.05, 0) is 24.6 Å². The van der Waals surface area contributed by atoms with Crippen LogP contribution in [-0.4, -0.2) is 28.6 Å². The van der Waals surface area contributed by atoms with Crippen molar-refractivity contribution in [2.24, 2.45) is 5.10 Å². The lowest BCUT2D eigenvalue weighted by molar-refractivity contribution is -0.402. The minimum Gasteiger partial charge on any atom is -0.477 e. The molecule has 0 aliphatic heterocycles. The molecule has 130 valence electrons. The van der Waals surface area contributed by atoms with Gasteiger partial charge in [-0.15, -0.1) is 0 Å². The molecule has 11 heteroatoms. The van der Waals surface area contributed by atoms with E-state index in [1.54, 1.807) is 13.0 Å². The van der Waals surface area contributed by atoms with Gasteiger partial charge < -0.3 is 9.15 Å². The third-order valence-electron chi connectivity index (χ3n) is 2.84. The molecule has 0 saturated heterocycles. The van der Waals surface area contributed by atoms with Gasteiger partial charge in [-0.2, -0.15) is 5.10 Å². The Balaban J connectivity index is 1.89. The molecule has 0 aliphatic carbocycles.